The van der Waals surface area contributed by atoms with Crippen molar-refractivity contribution >= 4 is 35.0 Å². The molecule has 2 aliphatic carbocycles. The fourth-order valence-electron chi connectivity index (χ4n) is 6.53. The van der Waals surface area contributed by atoms with Gasteiger partial charge in [0.2, 0.25) is 5.91 Å². The van der Waals surface area contributed by atoms with Gasteiger partial charge in [0.25, 0.3) is 5.91 Å². The first-order valence-corrected chi connectivity index (χ1v) is 15.6. The predicted molar refractivity (Wildman–Crippen MR) is 161 cm³/mol. The van der Waals surface area contributed by atoms with Gasteiger partial charge in [-0.1, -0.05) is 41.9 Å². The Kier molecular flexibility index (Phi) is 9.53. The number of allylic oxidation sites excluding steroid dienone is 3. The molecule has 1 atom stereocenters. The Morgan fingerprint density at radius 2 is 1.85 bits per heavy atom. The number of piperidine rings is 1. The molecule has 46 heavy (non-hydrogen) atoms. The third-order valence-corrected chi connectivity index (χ3v) is 9.47. The van der Waals surface area contributed by atoms with Crippen LogP contribution in [-0.2, 0) is 27.8 Å². The Balaban J connectivity index is 1.61. The van der Waals surface area contributed by atoms with E-state index in [1.54, 1.807) is 11.8 Å². The lowest BCUT2D eigenvalue weighted by atomic mass is 9.84. The van der Waals surface area contributed by atoms with Crippen LogP contribution in [0.15, 0.2) is 41.4 Å². The molecule has 9 nitrogen and oxygen atoms in total. The molecule has 246 valence electrons. The minimum absolute atomic E-state index is 0.00281. The van der Waals surface area contributed by atoms with Gasteiger partial charge in [-0.05, 0) is 62.7 Å². The Labute approximate surface area is 267 Å². The first kappa shape index (κ1) is 33.5. The molecule has 1 aromatic carbocycles. The number of aliphatic carboxylic acids is 1. The predicted octanol–water partition coefficient (Wildman–Crippen LogP) is 6.80. The van der Waals surface area contributed by atoms with E-state index in [9.17, 15) is 32.5 Å². The molecule has 0 bridgehead atoms. The lowest BCUT2D eigenvalue weighted by molar-refractivity contribution is -0.160. The Morgan fingerprint density at radius 1 is 1.15 bits per heavy atom. The molecule has 1 N–H and O–H groups in total. The third kappa shape index (κ3) is 6.25. The van der Waals surface area contributed by atoms with Crippen LogP contribution in [0.3, 0.4) is 0 Å². The Bertz CT molecular complexity index is 1620. The van der Waals surface area contributed by atoms with Crippen LogP contribution >= 0.6 is 11.6 Å². The summed E-state index contributed by atoms with van der Waals surface area (Å²) in [7, 11) is 0. The largest absolute Gasteiger partial charge is 0.481 e. The van der Waals surface area contributed by atoms with Crippen LogP contribution in [0.2, 0.25) is 5.02 Å². The number of nitroso groups, excluding NO2 is 1. The second-order valence-electron chi connectivity index (χ2n) is 12.0. The summed E-state index contributed by atoms with van der Waals surface area (Å²) in [6.45, 7) is 2.42. The molecule has 1 aliphatic heterocycles. The molecule has 1 saturated carbocycles. The van der Waals surface area contributed by atoms with Crippen molar-refractivity contribution in [3.8, 4) is 0 Å². The first-order valence-electron chi connectivity index (χ1n) is 15.2. The van der Waals surface area contributed by atoms with Crippen LogP contribution in [-0.4, -0.2) is 62.9 Å². The van der Waals surface area contributed by atoms with Crippen LogP contribution in [0.25, 0.3) is 5.57 Å². The van der Waals surface area contributed by atoms with Gasteiger partial charge in [0.15, 0.2) is 0 Å². The van der Waals surface area contributed by atoms with Gasteiger partial charge in [0, 0.05) is 36.6 Å². The van der Waals surface area contributed by atoms with Crippen LogP contribution in [0.4, 0.5) is 17.6 Å². The van der Waals surface area contributed by atoms with Gasteiger partial charge in [-0.2, -0.15) is 27.9 Å². The van der Waals surface area contributed by atoms with Crippen LogP contribution < -0.4 is 0 Å². The van der Waals surface area contributed by atoms with Crippen molar-refractivity contribution in [1.29, 1.82) is 0 Å². The molecule has 0 radical (unpaired) electrons. The molecule has 14 heteroatoms. The van der Waals surface area contributed by atoms with Gasteiger partial charge in [-0.15, -0.1) is 0 Å². The fraction of sp³-hybridized carbons (Fsp3) is 0.500. The van der Waals surface area contributed by atoms with E-state index in [1.807, 2.05) is 0 Å². The van der Waals surface area contributed by atoms with Crippen molar-refractivity contribution in [2.75, 3.05) is 13.1 Å². The number of carbonyl (C=O) groups is 3. The van der Waals surface area contributed by atoms with E-state index < -0.39 is 41.6 Å². The maximum Gasteiger partial charge on any atom is 0.398 e. The van der Waals surface area contributed by atoms with Crippen molar-refractivity contribution in [1.82, 2.24) is 14.7 Å². The van der Waals surface area contributed by atoms with Crippen molar-refractivity contribution in [2.24, 2.45) is 11.1 Å². The summed E-state index contributed by atoms with van der Waals surface area (Å²) in [4.78, 5) is 51.6. The Morgan fingerprint density at radius 3 is 2.43 bits per heavy atom. The van der Waals surface area contributed by atoms with Gasteiger partial charge in [0.1, 0.15) is 5.83 Å². The topological polar surface area (TPSA) is 122 Å². The van der Waals surface area contributed by atoms with E-state index in [-0.39, 0.29) is 70.7 Å². The van der Waals surface area contributed by atoms with E-state index in [2.05, 4.69) is 10.3 Å². The molecule has 1 aromatic heterocycles. The van der Waals surface area contributed by atoms with Crippen LogP contribution in [0.5, 0.6) is 0 Å². The molecular formula is C32H33ClF4N4O5. The first-order chi connectivity index (χ1) is 21.8. The van der Waals surface area contributed by atoms with Crippen molar-refractivity contribution < 1.29 is 37.1 Å². The number of carbonyl (C=O) groups excluding carboxylic acids is 2. The highest BCUT2D eigenvalue weighted by atomic mass is 35.5. The van der Waals surface area contributed by atoms with Gasteiger partial charge in [-0.3, -0.25) is 14.4 Å². The van der Waals surface area contributed by atoms with Crippen molar-refractivity contribution in [3.05, 3.63) is 74.2 Å². The monoisotopic (exact) mass is 664 g/mol. The lowest BCUT2D eigenvalue weighted by Crippen LogP contribution is -2.44. The standard InChI is InChI=1S/C32H33ClF4N4O5/c1-2-4-20(24(34)9-10-26(42)43)28-21-8-7-18(29(44)40-15-11-19(39-46)12-16-40)17-25(21)41(38-28)30(45)27-22(5-3-6-23(27)33)31(13-14-31)32(35,36)37/h3-6,9,18-19H,2,7-8,10-17H2,1H3,(H,42,43)/b20-4+,24-9+/t18-/m0/s1. The number of amides is 1. The van der Waals surface area contributed by atoms with E-state index in [0.29, 0.717) is 44.3 Å². The second-order valence-corrected chi connectivity index (χ2v) is 12.4. The lowest BCUT2D eigenvalue weighted by Gasteiger charge is -2.33. The maximum atomic E-state index is 15.5. The molecule has 2 aromatic rings. The zero-order valence-electron chi connectivity index (χ0n) is 25.1. The van der Waals surface area contributed by atoms with Crippen LogP contribution in [0, 0.1) is 10.8 Å². The molecule has 3 aliphatic rings. The molecule has 1 saturated heterocycles. The minimum Gasteiger partial charge on any atom is -0.481 e. The number of alkyl halides is 3. The number of halogens is 5. The maximum absolute atomic E-state index is 15.5. The fourth-order valence-corrected chi connectivity index (χ4v) is 6.79. The Hall–Kier alpha value is -3.87. The van der Waals surface area contributed by atoms with Crippen molar-refractivity contribution in [3.63, 3.8) is 0 Å². The zero-order chi connectivity index (χ0) is 33.4. The number of nitrogens with zero attached hydrogens (tertiary/aromatic N) is 4. The number of benzene rings is 1. The number of carboxylic acids is 1. The highest BCUT2D eigenvalue weighted by Gasteiger charge is 2.65. The molecule has 5 rings (SSSR count). The zero-order valence-corrected chi connectivity index (χ0v) is 25.8. The average molecular weight is 665 g/mol. The molecule has 0 spiro atoms. The highest BCUT2D eigenvalue weighted by Crippen LogP contribution is 2.60. The minimum atomic E-state index is -4.64. The highest BCUT2D eigenvalue weighted by molar-refractivity contribution is 6.34. The van der Waals surface area contributed by atoms with E-state index in [0.717, 1.165) is 10.8 Å². The summed E-state index contributed by atoms with van der Waals surface area (Å²) < 4.78 is 59.2. The summed E-state index contributed by atoms with van der Waals surface area (Å²) in [6, 6.07) is 3.54. The van der Waals surface area contributed by atoms with E-state index >= 15 is 4.39 Å². The number of rotatable bonds is 9. The van der Waals surface area contributed by atoms with Gasteiger partial charge in [-0.25, -0.2) is 4.39 Å². The summed E-state index contributed by atoms with van der Waals surface area (Å²) >= 11 is 6.43. The molecule has 2 heterocycles. The van der Waals surface area contributed by atoms with Gasteiger partial charge in [0.05, 0.1) is 39.9 Å². The summed E-state index contributed by atoms with van der Waals surface area (Å²) in [5.74, 6) is -3.86. The second kappa shape index (κ2) is 13.1. The quantitative estimate of drug-likeness (QED) is 0.179. The normalized spacial score (nSPS) is 20.3. The number of carboxylic acid groups (broad SMARTS) is 1. The number of aromatic nitrogens is 2. The number of hydrogen-bond acceptors (Lipinski definition) is 6. The average Bonchev–Trinajstić information content (AvgIpc) is 3.78. The summed E-state index contributed by atoms with van der Waals surface area (Å²) in [5, 5.41) is 16.4. The van der Waals surface area contributed by atoms with Gasteiger partial charge >= 0.3 is 12.1 Å². The third-order valence-electron chi connectivity index (χ3n) is 9.15. The van der Waals surface area contributed by atoms with Crippen LogP contribution in [0.1, 0.15) is 84.7 Å². The number of hydrogen-bond donors (Lipinski definition) is 1. The molecule has 2 fully saturated rings. The summed E-state index contributed by atoms with van der Waals surface area (Å²) in [5.41, 5.74) is -2.16. The number of fused-ring (bicyclic) bond motifs is 1. The molecule has 0 unspecified atom stereocenters. The van der Waals surface area contributed by atoms with Crippen molar-refractivity contribution in [2.45, 2.75) is 82.3 Å². The van der Waals surface area contributed by atoms with Gasteiger partial charge < -0.3 is 10.0 Å². The SMILES string of the molecule is CC/C=C(\C(F)=C/CC(=O)O)c1nn(C(=O)c2c(Cl)cccc2C2(C(F)(F)F)CC2)c2c1CC[C@H](C(=O)N1CCC(N=O)CC1)C2. The molecule has 1 amide bonds. The summed E-state index contributed by atoms with van der Waals surface area (Å²) in [6.07, 6.45) is -1.57. The molecular weight excluding hydrogens is 632 g/mol. The van der Waals surface area contributed by atoms with E-state index in [1.165, 1.54) is 24.3 Å². The van der Waals surface area contributed by atoms with E-state index in [4.69, 9.17) is 16.7 Å². The smallest absolute Gasteiger partial charge is 0.398 e. The number of likely N-dealkylation sites (tertiary alicyclic amines) is 1.